The number of hydrogen-bond acceptors (Lipinski definition) is 9. The molecule has 0 radical (unpaired) electrons. The van der Waals surface area contributed by atoms with Crippen molar-refractivity contribution in [1.82, 2.24) is 4.98 Å². The summed E-state index contributed by atoms with van der Waals surface area (Å²) in [4.78, 5) is 42.4. The summed E-state index contributed by atoms with van der Waals surface area (Å²) in [5.74, 6) is 4.30. The molecule has 0 fully saturated rings. The number of imide groups is 1. The van der Waals surface area contributed by atoms with Crippen LogP contribution in [-0.2, 0) is 14.2 Å². The number of nitrogens with zero attached hydrogens (tertiary/aromatic N) is 3. The smallest absolute Gasteiger partial charge is 0.424 e. The van der Waals surface area contributed by atoms with Crippen molar-refractivity contribution in [2.45, 2.75) is 52.7 Å². The number of hydrazone groups is 1. The molecular weight excluding hydrogens is 368 g/mol. The zero-order chi connectivity index (χ0) is 21.7. The number of ether oxygens (including phenoxy) is 3. The third kappa shape index (κ3) is 6.53. The molecule has 0 spiro atoms. The monoisotopic (exact) mass is 394 g/mol. The Kier molecular flexibility index (Phi) is 7.09. The van der Waals surface area contributed by atoms with Crippen molar-refractivity contribution in [3.8, 4) is 0 Å². The van der Waals surface area contributed by atoms with Crippen molar-refractivity contribution >= 4 is 30.1 Å². The lowest BCUT2D eigenvalue weighted by atomic mass is 10.1. The number of hydrogen-bond donors (Lipinski definition) is 1. The van der Waals surface area contributed by atoms with E-state index < -0.39 is 29.4 Å². The lowest BCUT2D eigenvalue weighted by Crippen LogP contribution is -2.44. The number of amides is 2. The summed E-state index contributed by atoms with van der Waals surface area (Å²) in [5.41, 5.74) is -1.86. The Balaban J connectivity index is 3.57. The number of carbonyl (C=O) groups is 3. The SMILES string of the molecule is COC(=O)c1cc(C=NN)ncc1N(C(=O)OC(C)(C)C)C(=O)OC(C)(C)C. The average molecular weight is 394 g/mol. The van der Waals surface area contributed by atoms with Gasteiger partial charge in [-0.1, -0.05) is 0 Å². The Morgan fingerprint density at radius 2 is 1.57 bits per heavy atom. The van der Waals surface area contributed by atoms with Gasteiger partial charge < -0.3 is 20.1 Å². The van der Waals surface area contributed by atoms with Gasteiger partial charge in [0.05, 0.1) is 36.5 Å². The lowest BCUT2D eigenvalue weighted by molar-refractivity contribution is 0.0430. The summed E-state index contributed by atoms with van der Waals surface area (Å²) in [6.45, 7) is 9.82. The second-order valence-corrected chi connectivity index (χ2v) is 7.69. The first kappa shape index (κ1) is 22.9. The standard InChI is InChI=1S/C18H26N4O6/c1-17(2,3)27-15(24)22(16(25)28-18(4,5)6)13-10-20-11(9-21-19)8-12(13)14(23)26-7/h8-10H,19H2,1-7H3. The molecule has 0 unspecified atom stereocenters. The average Bonchev–Trinajstić information content (AvgIpc) is 2.52. The molecule has 1 aromatic rings. The van der Waals surface area contributed by atoms with Gasteiger partial charge >= 0.3 is 18.2 Å². The van der Waals surface area contributed by atoms with Gasteiger partial charge in [-0.2, -0.15) is 10.0 Å². The van der Waals surface area contributed by atoms with Gasteiger partial charge in [-0.05, 0) is 47.6 Å². The number of carbonyl (C=O) groups excluding carboxylic acids is 3. The highest BCUT2D eigenvalue weighted by molar-refractivity contribution is 6.13. The fourth-order valence-electron chi connectivity index (χ4n) is 1.95. The van der Waals surface area contributed by atoms with Crippen molar-refractivity contribution in [1.29, 1.82) is 0 Å². The Hall–Kier alpha value is -3.17. The highest BCUT2D eigenvalue weighted by Gasteiger charge is 2.35. The molecule has 0 aliphatic rings. The zero-order valence-corrected chi connectivity index (χ0v) is 17.1. The van der Waals surface area contributed by atoms with Gasteiger partial charge in [0.25, 0.3) is 0 Å². The second kappa shape index (κ2) is 8.68. The highest BCUT2D eigenvalue weighted by Crippen LogP contribution is 2.26. The number of methoxy groups -OCH3 is 1. The van der Waals surface area contributed by atoms with Gasteiger partial charge in [-0.3, -0.25) is 4.98 Å². The van der Waals surface area contributed by atoms with E-state index in [1.54, 1.807) is 41.5 Å². The second-order valence-electron chi connectivity index (χ2n) is 7.69. The molecule has 1 heterocycles. The quantitative estimate of drug-likeness (QED) is 0.272. The molecule has 0 bridgehead atoms. The molecule has 10 heteroatoms. The van der Waals surface area contributed by atoms with Gasteiger partial charge in [0.15, 0.2) is 0 Å². The van der Waals surface area contributed by atoms with Gasteiger partial charge in [0.1, 0.15) is 11.2 Å². The van der Waals surface area contributed by atoms with E-state index in [1.807, 2.05) is 0 Å². The van der Waals surface area contributed by atoms with Crippen molar-refractivity contribution in [2.24, 2.45) is 10.9 Å². The molecule has 1 aromatic heterocycles. The third-order valence-corrected chi connectivity index (χ3v) is 2.91. The Labute approximate surface area is 163 Å². The van der Waals surface area contributed by atoms with Crippen molar-refractivity contribution in [3.05, 3.63) is 23.5 Å². The van der Waals surface area contributed by atoms with Crippen LogP contribution in [-0.4, -0.2) is 47.7 Å². The maximum Gasteiger partial charge on any atom is 0.424 e. The van der Waals surface area contributed by atoms with Gasteiger partial charge in [-0.25, -0.2) is 14.4 Å². The van der Waals surface area contributed by atoms with Crippen LogP contribution in [0.5, 0.6) is 0 Å². The normalized spacial score (nSPS) is 11.8. The van der Waals surface area contributed by atoms with Crippen LogP contribution in [0.3, 0.4) is 0 Å². The largest absolute Gasteiger partial charge is 0.465 e. The highest BCUT2D eigenvalue weighted by atomic mass is 16.6. The minimum absolute atomic E-state index is 0.121. The molecule has 28 heavy (non-hydrogen) atoms. The maximum absolute atomic E-state index is 12.7. The molecular formula is C18H26N4O6. The van der Waals surface area contributed by atoms with Crippen LogP contribution < -0.4 is 10.7 Å². The van der Waals surface area contributed by atoms with E-state index >= 15 is 0 Å². The summed E-state index contributed by atoms with van der Waals surface area (Å²) < 4.78 is 15.3. The van der Waals surface area contributed by atoms with Gasteiger partial charge in [-0.15, -0.1) is 0 Å². The van der Waals surface area contributed by atoms with Crippen LogP contribution >= 0.6 is 0 Å². The number of anilines is 1. The minimum Gasteiger partial charge on any atom is -0.465 e. The molecule has 154 valence electrons. The van der Waals surface area contributed by atoms with Crippen LogP contribution in [0.25, 0.3) is 0 Å². The molecule has 0 aromatic carbocycles. The van der Waals surface area contributed by atoms with Crippen LogP contribution in [0.4, 0.5) is 15.3 Å². The Bertz CT molecular complexity index is 749. The summed E-state index contributed by atoms with van der Waals surface area (Å²) in [5, 5.41) is 3.34. The predicted molar refractivity (Wildman–Crippen MR) is 102 cm³/mol. The van der Waals surface area contributed by atoms with Crippen molar-refractivity contribution in [3.63, 3.8) is 0 Å². The van der Waals surface area contributed by atoms with Gasteiger partial charge in [0, 0.05) is 0 Å². The summed E-state index contributed by atoms with van der Waals surface area (Å²) in [6.07, 6.45) is 0.265. The van der Waals surface area contributed by atoms with E-state index in [1.165, 1.54) is 12.3 Å². The van der Waals surface area contributed by atoms with E-state index in [9.17, 15) is 14.4 Å². The molecule has 0 aliphatic heterocycles. The van der Waals surface area contributed by atoms with E-state index in [0.29, 0.717) is 4.90 Å². The predicted octanol–water partition coefficient (Wildman–Crippen LogP) is 2.84. The topological polar surface area (TPSA) is 133 Å². The first-order valence-electron chi connectivity index (χ1n) is 8.36. The first-order valence-corrected chi connectivity index (χ1v) is 8.36. The van der Waals surface area contributed by atoms with E-state index in [0.717, 1.165) is 13.3 Å². The third-order valence-electron chi connectivity index (χ3n) is 2.91. The van der Waals surface area contributed by atoms with Crippen LogP contribution in [0.2, 0.25) is 0 Å². The summed E-state index contributed by atoms with van der Waals surface area (Å²) in [6, 6.07) is 1.28. The van der Waals surface area contributed by atoms with Crippen LogP contribution in [0.1, 0.15) is 57.6 Å². The fraction of sp³-hybridized carbons (Fsp3) is 0.500. The van der Waals surface area contributed by atoms with E-state index in [2.05, 4.69) is 10.1 Å². The number of pyridine rings is 1. The summed E-state index contributed by atoms with van der Waals surface area (Å²) in [7, 11) is 1.16. The molecule has 2 amide bonds. The fourth-order valence-corrected chi connectivity index (χ4v) is 1.95. The van der Waals surface area contributed by atoms with Crippen molar-refractivity contribution < 1.29 is 28.6 Å². The number of rotatable bonds is 3. The van der Waals surface area contributed by atoms with Crippen LogP contribution in [0.15, 0.2) is 17.4 Å². The zero-order valence-electron chi connectivity index (χ0n) is 17.1. The molecule has 0 atom stereocenters. The molecule has 0 saturated carbocycles. The Morgan fingerprint density at radius 3 is 1.96 bits per heavy atom. The molecule has 0 aliphatic carbocycles. The maximum atomic E-state index is 12.7. The van der Waals surface area contributed by atoms with E-state index in [4.69, 9.17) is 20.1 Å². The molecule has 1 rings (SSSR count). The molecule has 0 saturated heterocycles. The van der Waals surface area contributed by atoms with Crippen molar-refractivity contribution in [2.75, 3.05) is 12.0 Å². The molecule has 2 N–H and O–H groups in total. The number of esters is 1. The molecule has 10 nitrogen and oxygen atoms in total. The van der Waals surface area contributed by atoms with E-state index in [-0.39, 0.29) is 16.9 Å². The first-order chi connectivity index (χ1) is 12.8. The Morgan fingerprint density at radius 1 is 1.07 bits per heavy atom. The summed E-state index contributed by atoms with van der Waals surface area (Å²) >= 11 is 0. The lowest BCUT2D eigenvalue weighted by Gasteiger charge is -2.29. The minimum atomic E-state index is -1.03. The van der Waals surface area contributed by atoms with Crippen LogP contribution in [0, 0.1) is 0 Å². The number of aromatic nitrogens is 1. The number of nitrogens with two attached hydrogens (primary N) is 1. The van der Waals surface area contributed by atoms with Gasteiger partial charge in [0.2, 0.25) is 0 Å².